The monoisotopic (exact) mass is 384 g/mol. The highest BCUT2D eigenvalue weighted by Crippen LogP contribution is 2.11. The number of aromatic nitrogens is 1. The van der Waals surface area contributed by atoms with E-state index in [1.54, 1.807) is 12.3 Å². The third kappa shape index (κ3) is 5.93. The van der Waals surface area contributed by atoms with Crippen molar-refractivity contribution in [2.24, 2.45) is 0 Å². The number of rotatable bonds is 4. The zero-order valence-corrected chi connectivity index (χ0v) is 14.4. The van der Waals surface area contributed by atoms with Crippen LogP contribution in [0.3, 0.4) is 0 Å². The number of carbonyl (C=O) groups excluding carboxylic acids is 1. The van der Waals surface area contributed by atoms with E-state index in [-0.39, 0.29) is 30.7 Å². The summed E-state index contributed by atoms with van der Waals surface area (Å²) in [6.07, 6.45) is 2.77. The van der Waals surface area contributed by atoms with Crippen LogP contribution in [0.5, 0.6) is 0 Å². The average molecular weight is 386 g/mol. The normalized spacial score (nSPS) is 18.0. The van der Waals surface area contributed by atoms with Crippen LogP contribution in [0.4, 0.5) is 5.82 Å². The highest BCUT2D eigenvalue weighted by molar-refractivity contribution is 9.10. The van der Waals surface area contributed by atoms with Crippen LogP contribution in [0.15, 0.2) is 22.8 Å². The number of anilines is 1. The topological polar surface area (TPSA) is 57.3 Å². The summed E-state index contributed by atoms with van der Waals surface area (Å²) in [4.78, 5) is 18.1. The lowest BCUT2D eigenvalue weighted by Gasteiger charge is -2.15. The van der Waals surface area contributed by atoms with Crippen molar-refractivity contribution < 1.29 is 4.79 Å². The molecule has 5 nitrogen and oxygen atoms in total. The molecule has 2 N–H and O–H groups in total. The third-order valence-electron chi connectivity index (χ3n) is 3.04. The highest BCUT2D eigenvalue weighted by atomic mass is 79.9. The molecule has 1 saturated heterocycles. The first-order valence-corrected chi connectivity index (χ1v) is 6.77. The summed E-state index contributed by atoms with van der Waals surface area (Å²) in [5.41, 5.74) is 0. The molecule has 1 atom stereocenters. The van der Waals surface area contributed by atoms with Crippen LogP contribution in [0.25, 0.3) is 0 Å². The number of nitrogens with zero attached hydrogens (tertiary/aromatic N) is 2. The summed E-state index contributed by atoms with van der Waals surface area (Å²) in [7, 11) is 1.96. The Kier molecular flexibility index (Phi) is 9.33. The van der Waals surface area contributed by atoms with Crippen LogP contribution in [-0.4, -0.2) is 48.5 Å². The number of hydrogen-bond donors (Lipinski definition) is 2. The van der Waals surface area contributed by atoms with E-state index in [4.69, 9.17) is 0 Å². The molecule has 0 aromatic carbocycles. The van der Waals surface area contributed by atoms with Crippen molar-refractivity contribution in [3.63, 3.8) is 0 Å². The first-order chi connectivity index (χ1) is 8.67. The molecule has 1 fully saturated rings. The fourth-order valence-corrected chi connectivity index (χ4v) is 2.28. The van der Waals surface area contributed by atoms with Gasteiger partial charge in [-0.05, 0) is 41.5 Å². The molecular formula is C12H19BrCl2N4O. The van der Waals surface area contributed by atoms with Crippen LogP contribution >= 0.6 is 40.7 Å². The molecule has 0 bridgehead atoms. The Hall–Kier alpha value is -0.400. The van der Waals surface area contributed by atoms with Crippen molar-refractivity contribution in [1.29, 1.82) is 0 Å². The molecule has 8 heteroatoms. The molecular weight excluding hydrogens is 367 g/mol. The van der Waals surface area contributed by atoms with Gasteiger partial charge < -0.3 is 10.6 Å². The summed E-state index contributed by atoms with van der Waals surface area (Å²) in [5.74, 6) is 0.578. The van der Waals surface area contributed by atoms with E-state index in [1.807, 2.05) is 13.1 Å². The molecule has 1 amide bonds. The fourth-order valence-electron chi connectivity index (χ4n) is 2.05. The highest BCUT2D eigenvalue weighted by Gasteiger charge is 2.22. The molecule has 1 aliphatic rings. The maximum absolute atomic E-state index is 11.8. The van der Waals surface area contributed by atoms with Crippen LogP contribution in [0.2, 0.25) is 0 Å². The van der Waals surface area contributed by atoms with Crippen LogP contribution in [0.1, 0.15) is 6.42 Å². The molecule has 1 aliphatic heterocycles. The lowest BCUT2D eigenvalue weighted by Crippen LogP contribution is -2.34. The maximum atomic E-state index is 11.8. The van der Waals surface area contributed by atoms with Crippen molar-refractivity contribution in [2.45, 2.75) is 12.5 Å². The Morgan fingerprint density at radius 2 is 2.25 bits per heavy atom. The summed E-state index contributed by atoms with van der Waals surface area (Å²) in [5, 5.41) is 6.03. The summed E-state index contributed by atoms with van der Waals surface area (Å²) in [6.45, 7) is 2.32. The Morgan fingerprint density at radius 1 is 1.50 bits per heavy atom. The minimum Gasteiger partial charge on any atom is -0.316 e. The molecule has 0 spiro atoms. The first kappa shape index (κ1) is 19.6. The minimum atomic E-state index is -0.0124. The fraction of sp³-hybridized carbons (Fsp3) is 0.500. The molecule has 0 saturated carbocycles. The number of nitrogens with one attached hydrogen (secondary N) is 2. The summed E-state index contributed by atoms with van der Waals surface area (Å²) < 4.78 is 0.900. The van der Waals surface area contributed by atoms with Crippen LogP contribution in [0, 0.1) is 0 Å². The molecule has 1 unspecified atom stereocenters. The molecule has 2 heterocycles. The number of pyridine rings is 1. The molecule has 1 aromatic heterocycles. The van der Waals surface area contributed by atoms with Gasteiger partial charge in [0.2, 0.25) is 5.91 Å². The van der Waals surface area contributed by atoms with Gasteiger partial charge >= 0.3 is 0 Å². The van der Waals surface area contributed by atoms with Gasteiger partial charge in [0.05, 0.1) is 6.54 Å². The molecule has 0 aliphatic carbocycles. The van der Waals surface area contributed by atoms with Gasteiger partial charge in [-0.15, -0.1) is 24.8 Å². The zero-order chi connectivity index (χ0) is 13.0. The van der Waals surface area contributed by atoms with Gasteiger partial charge in [0, 0.05) is 29.8 Å². The van der Waals surface area contributed by atoms with Gasteiger partial charge in [-0.2, -0.15) is 0 Å². The number of likely N-dealkylation sites (N-methyl/N-ethyl adjacent to an activating group) is 1. The third-order valence-corrected chi connectivity index (χ3v) is 3.51. The van der Waals surface area contributed by atoms with Crippen LogP contribution < -0.4 is 10.6 Å². The predicted molar refractivity (Wildman–Crippen MR) is 89.0 cm³/mol. The van der Waals surface area contributed by atoms with E-state index >= 15 is 0 Å². The van der Waals surface area contributed by atoms with E-state index in [9.17, 15) is 4.79 Å². The predicted octanol–water partition coefficient (Wildman–Crippen LogP) is 1.92. The van der Waals surface area contributed by atoms with E-state index in [0.29, 0.717) is 18.4 Å². The second kappa shape index (κ2) is 9.52. The molecule has 2 rings (SSSR count). The maximum Gasteiger partial charge on any atom is 0.239 e. The van der Waals surface area contributed by atoms with Crippen molar-refractivity contribution in [1.82, 2.24) is 15.2 Å². The quantitative estimate of drug-likeness (QED) is 0.831. The van der Waals surface area contributed by atoms with Crippen molar-refractivity contribution in [2.75, 3.05) is 32.0 Å². The zero-order valence-electron chi connectivity index (χ0n) is 11.1. The molecule has 114 valence electrons. The number of hydrogen-bond acceptors (Lipinski definition) is 4. The second-order valence-electron chi connectivity index (χ2n) is 4.42. The number of amides is 1. The van der Waals surface area contributed by atoms with E-state index in [0.717, 1.165) is 24.0 Å². The van der Waals surface area contributed by atoms with Crippen LogP contribution in [-0.2, 0) is 4.79 Å². The Bertz CT molecular complexity index is 418. The minimum absolute atomic E-state index is 0. The summed E-state index contributed by atoms with van der Waals surface area (Å²) in [6, 6.07) is 4.14. The SMILES string of the molecule is CNC1CCN(CC(=O)Nc2ccc(Br)cn2)C1.Cl.Cl. The number of likely N-dealkylation sites (tertiary alicyclic amines) is 1. The Labute approximate surface area is 139 Å². The van der Waals surface area contributed by atoms with E-state index in [1.165, 1.54) is 0 Å². The largest absolute Gasteiger partial charge is 0.316 e. The Morgan fingerprint density at radius 3 is 2.80 bits per heavy atom. The van der Waals surface area contributed by atoms with Gasteiger partial charge in [-0.25, -0.2) is 4.98 Å². The smallest absolute Gasteiger partial charge is 0.239 e. The Balaban J connectivity index is 0.00000180. The lowest BCUT2D eigenvalue weighted by atomic mass is 10.3. The number of carbonyl (C=O) groups is 1. The van der Waals surface area contributed by atoms with Crippen molar-refractivity contribution in [3.8, 4) is 0 Å². The van der Waals surface area contributed by atoms with Gasteiger partial charge in [0.15, 0.2) is 0 Å². The molecule has 1 aromatic rings. The molecule has 0 radical (unpaired) electrons. The van der Waals surface area contributed by atoms with Crippen molar-refractivity contribution >= 4 is 52.5 Å². The van der Waals surface area contributed by atoms with Gasteiger partial charge in [0.25, 0.3) is 0 Å². The lowest BCUT2D eigenvalue weighted by molar-refractivity contribution is -0.117. The van der Waals surface area contributed by atoms with Gasteiger partial charge in [-0.3, -0.25) is 9.69 Å². The first-order valence-electron chi connectivity index (χ1n) is 5.98. The van der Waals surface area contributed by atoms with E-state index < -0.39 is 0 Å². The number of halogens is 3. The van der Waals surface area contributed by atoms with E-state index in [2.05, 4.69) is 36.4 Å². The standard InChI is InChI=1S/C12H17BrN4O.2ClH/c1-14-10-4-5-17(7-10)8-12(18)16-11-3-2-9(13)6-15-11;;/h2-3,6,10,14H,4-5,7-8H2,1H3,(H,15,16,18);2*1H. The second-order valence-corrected chi connectivity index (χ2v) is 5.33. The molecule has 20 heavy (non-hydrogen) atoms. The van der Waals surface area contributed by atoms with Gasteiger partial charge in [-0.1, -0.05) is 0 Å². The summed E-state index contributed by atoms with van der Waals surface area (Å²) >= 11 is 3.31. The average Bonchev–Trinajstić information content (AvgIpc) is 2.79. The van der Waals surface area contributed by atoms with Crippen molar-refractivity contribution in [3.05, 3.63) is 22.8 Å². The van der Waals surface area contributed by atoms with Gasteiger partial charge in [0.1, 0.15) is 5.82 Å².